The highest BCUT2D eigenvalue weighted by atomic mass is 32.2. The molecule has 28 heavy (non-hydrogen) atoms. The van der Waals surface area contributed by atoms with E-state index in [4.69, 9.17) is 4.74 Å². The van der Waals surface area contributed by atoms with E-state index in [1.807, 2.05) is 49.4 Å². The zero-order chi connectivity index (χ0) is 20.1. The second kappa shape index (κ2) is 8.58. The molecule has 0 aliphatic rings. The Bertz CT molecular complexity index is 1060. The molecule has 1 aromatic heterocycles. The van der Waals surface area contributed by atoms with Gasteiger partial charge in [-0.05, 0) is 36.6 Å². The number of benzene rings is 2. The second-order valence-corrected chi connectivity index (χ2v) is 8.55. The summed E-state index contributed by atoms with van der Waals surface area (Å²) >= 11 is 1.07. The van der Waals surface area contributed by atoms with Crippen LogP contribution in [0.2, 0.25) is 0 Å². The van der Waals surface area contributed by atoms with Crippen molar-refractivity contribution in [1.82, 2.24) is 0 Å². The molecular formula is C21H21NO4S2. The Morgan fingerprint density at radius 1 is 1.04 bits per heavy atom. The van der Waals surface area contributed by atoms with Gasteiger partial charge in [-0.3, -0.25) is 4.72 Å². The lowest BCUT2D eigenvalue weighted by Crippen LogP contribution is -2.17. The monoisotopic (exact) mass is 415 g/mol. The van der Waals surface area contributed by atoms with Crippen LogP contribution in [0.4, 0.5) is 5.69 Å². The molecule has 2 aromatic carbocycles. The van der Waals surface area contributed by atoms with Crippen molar-refractivity contribution in [3.63, 3.8) is 0 Å². The number of rotatable bonds is 7. The molecule has 0 aliphatic heterocycles. The fraction of sp³-hybridized carbons (Fsp3) is 0.190. The number of esters is 1. The Morgan fingerprint density at radius 2 is 1.71 bits per heavy atom. The van der Waals surface area contributed by atoms with Crippen molar-refractivity contribution in [1.29, 1.82) is 0 Å². The first kappa shape index (κ1) is 20.1. The highest BCUT2D eigenvalue weighted by molar-refractivity contribution is 7.93. The maximum absolute atomic E-state index is 13.2. The number of sulfonamides is 1. The first-order valence-electron chi connectivity index (χ1n) is 8.92. The minimum absolute atomic E-state index is 0.0540. The first-order valence-corrected chi connectivity index (χ1v) is 11.3. The zero-order valence-corrected chi connectivity index (χ0v) is 17.3. The van der Waals surface area contributed by atoms with Crippen molar-refractivity contribution in [3.05, 3.63) is 70.4 Å². The fourth-order valence-corrected chi connectivity index (χ4v) is 5.53. The predicted octanol–water partition coefficient (Wildman–Crippen LogP) is 4.96. The van der Waals surface area contributed by atoms with Gasteiger partial charge in [-0.1, -0.05) is 49.4 Å². The highest BCUT2D eigenvalue weighted by Gasteiger charge is 2.30. The molecule has 0 amide bonds. The number of thiophene rings is 1. The summed E-state index contributed by atoms with van der Waals surface area (Å²) < 4.78 is 34.1. The number of hydrogen-bond donors (Lipinski definition) is 1. The lowest BCUT2D eigenvalue weighted by atomic mass is 10.1. The van der Waals surface area contributed by atoms with Crippen LogP contribution < -0.4 is 4.72 Å². The van der Waals surface area contributed by atoms with Crippen molar-refractivity contribution in [2.24, 2.45) is 0 Å². The standard InChI is InChI=1S/C21H21NO4S2/c1-3-15-10-12-17(13-11-15)22-28(24,25)20-18(16-8-6-5-7-9-16)14-27-19(20)21(23)26-4-2/h5-14,22H,3-4H2,1-2H3. The summed E-state index contributed by atoms with van der Waals surface area (Å²) in [6.45, 7) is 3.89. The Labute approximate surface area is 169 Å². The lowest BCUT2D eigenvalue weighted by molar-refractivity contribution is 0.0528. The minimum Gasteiger partial charge on any atom is -0.462 e. The van der Waals surface area contributed by atoms with E-state index in [1.165, 1.54) is 0 Å². The number of aryl methyl sites for hydroxylation is 1. The number of hydrogen-bond acceptors (Lipinski definition) is 5. The van der Waals surface area contributed by atoms with E-state index >= 15 is 0 Å². The van der Waals surface area contributed by atoms with Crippen molar-refractivity contribution in [2.45, 2.75) is 25.2 Å². The molecule has 0 saturated heterocycles. The van der Waals surface area contributed by atoms with E-state index in [0.29, 0.717) is 11.3 Å². The summed E-state index contributed by atoms with van der Waals surface area (Å²) in [7, 11) is -4.00. The fourth-order valence-electron chi connectivity index (χ4n) is 2.78. The number of nitrogens with one attached hydrogen (secondary N) is 1. The molecule has 0 aliphatic carbocycles. The van der Waals surface area contributed by atoms with Crippen LogP contribution in [0, 0.1) is 0 Å². The van der Waals surface area contributed by atoms with Crippen molar-refractivity contribution in [3.8, 4) is 11.1 Å². The van der Waals surface area contributed by atoms with Crippen LogP contribution in [0.15, 0.2) is 64.9 Å². The average molecular weight is 416 g/mol. The van der Waals surface area contributed by atoms with Gasteiger partial charge < -0.3 is 4.74 Å². The van der Waals surface area contributed by atoms with E-state index in [2.05, 4.69) is 4.72 Å². The number of ether oxygens (including phenoxy) is 1. The molecular weight excluding hydrogens is 394 g/mol. The maximum Gasteiger partial charge on any atom is 0.349 e. The SMILES string of the molecule is CCOC(=O)c1scc(-c2ccccc2)c1S(=O)(=O)Nc1ccc(CC)cc1. The Hall–Kier alpha value is -2.64. The van der Waals surface area contributed by atoms with Gasteiger partial charge in [-0.2, -0.15) is 0 Å². The molecule has 0 atom stereocenters. The van der Waals surface area contributed by atoms with Gasteiger partial charge in [-0.25, -0.2) is 13.2 Å². The minimum atomic E-state index is -4.00. The molecule has 0 fully saturated rings. The Balaban J connectivity index is 2.08. The maximum atomic E-state index is 13.2. The Morgan fingerprint density at radius 3 is 2.32 bits per heavy atom. The number of anilines is 1. The third kappa shape index (κ3) is 4.26. The van der Waals surface area contributed by atoms with Gasteiger partial charge in [0.1, 0.15) is 9.77 Å². The van der Waals surface area contributed by atoms with Crippen LogP contribution in [-0.4, -0.2) is 21.0 Å². The van der Waals surface area contributed by atoms with E-state index in [9.17, 15) is 13.2 Å². The summed E-state index contributed by atoms with van der Waals surface area (Å²) in [5.41, 5.74) is 2.75. The second-order valence-electron chi connectivity index (χ2n) is 6.05. The van der Waals surface area contributed by atoms with Crippen molar-refractivity contribution < 1.29 is 17.9 Å². The molecule has 0 bridgehead atoms. The highest BCUT2D eigenvalue weighted by Crippen LogP contribution is 2.36. The summed E-state index contributed by atoms with van der Waals surface area (Å²) in [6.07, 6.45) is 0.864. The molecule has 3 aromatic rings. The summed E-state index contributed by atoms with van der Waals surface area (Å²) in [4.78, 5) is 12.4. The van der Waals surface area contributed by atoms with E-state index in [1.54, 1.807) is 24.4 Å². The zero-order valence-electron chi connectivity index (χ0n) is 15.6. The van der Waals surface area contributed by atoms with Crippen LogP contribution in [0.25, 0.3) is 11.1 Å². The molecule has 0 radical (unpaired) electrons. The van der Waals surface area contributed by atoms with Gasteiger partial charge in [0, 0.05) is 16.6 Å². The van der Waals surface area contributed by atoms with Gasteiger partial charge in [0.15, 0.2) is 0 Å². The molecule has 7 heteroatoms. The molecule has 146 valence electrons. The molecule has 0 unspecified atom stereocenters. The van der Waals surface area contributed by atoms with Gasteiger partial charge >= 0.3 is 5.97 Å². The van der Waals surface area contributed by atoms with Gasteiger partial charge in [0.05, 0.1) is 6.61 Å². The number of carbonyl (C=O) groups is 1. The van der Waals surface area contributed by atoms with Gasteiger partial charge in [0.2, 0.25) is 0 Å². The first-order chi connectivity index (χ1) is 13.5. The lowest BCUT2D eigenvalue weighted by Gasteiger charge is -2.12. The van der Waals surface area contributed by atoms with E-state index in [0.717, 1.165) is 28.9 Å². The molecule has 1 N–H and O–H groups in total. The van der Waals surface area contributed by atoms with E-state index in [-0.39, 0.29) is 16.4 Å². The molecule has 0 saturated carbocycles. The summed E-state index contributed by atoms with van der Waals surface area (Å²) in [5, 5.41) is 1.68. The molecule has 3 rings (SSSR count). The van der Waals surface area contributed by atoms with Gasteiger partial charge in [-0.15, -0.1) is 11.3 Å². The normalized spacial score (nSPS) is 11.2. The molecule has 5 nitrogen and oxygen atoms in total. The largest absolute Gasteiger partial charge is 0.462 e. The summed E-state index contributed by atoms with van der Waals surface area (Å²) in [6, 6.07) is 16.3. The number of carbonyl (C=O) groups excluding carboxylic acids is 1. The third-order valence-corrected chi connectivity index (χ3v) is 6.73. The quantitative estimate of drug-likeness (QED) is 0.554. The van der Waals surface area contributed by atoms with Gasteiger partial charge in [0.25, 0.3) is 10.0 Å². The van der Waals surface area contributed by atoms with E-state index < -0.39 is 16.0 Å². The van der Waals surface area contributed by atoms with Crippen LogP contribution in [0.3, 0.4) is 0 Å². The summed E-state index contributed by atoms with van der Waals surface area (Å²) in [5.74, 6) is -0.642. The van der Waals surface area contributed by atoms with Crippen molar-refractivity contribution >= 4 is 33.0 Å². The van der Waals surface area contributed by atoms with Crippen molar-refractivity contribution in [2.75, 3.05) is 11.3 Å². The third-order valence-electron chi connectivity index (χ3n) is 4.17. The van der Waals surface area contributed by atoms with Crippen LogP contribution in [-0.2, 0) is 21.2 Å². The van der Waals surface area contributed by atoms with Crippen LogP contribution in [0.1, 0.15) is 29.1 Å². The average Bonchev–Trinajstić information content (AvgIpc) is 3.16. The molecule has 1 heterocycles. The van der Waals surface area contributed by atoms with Crippen LogP contribution in [0.5, 0.6) is 0 Å². The Kier molecular flexibility index (Phi) is 6.16. The molecule has 0 spiro atoms. The smallest absolute Gasteiger partial charge is 0.349 e. The predicted molar refractivity (Wildman–Crippen MR) is 112 cm³/mol. The topological polar surface area (TPSA) is 72.5 Å². The van der Waals surface area contributed by atoms with Crippen LogP contribution >= 0.6 is 11.3 Å².